The van der Waals surface area contributed by atoms with Crippen LogP contribution in [0.2, 0.25) is 0 Å². The lowest BCUT2D eigenvalue weighted by atomic mass is 10.0. The number of carboxylic acids is 1. The smallest absolute Gasteiger partial charge is 0.308 e. The van der Waals surface area contributed by atoms with Gasteiger partial charge in [-0.3, -0.25) is 9.59 Å². The number of aromatic nitrogens is 1. The number of carbonyl (C=O) groups is 2. The summed E-state index contributed by atoms with van der Waals surface area (Å²) < 4.78 is 5.00. The van der Waals surface area contributed by atoms with E-state index in [0.717, 1.165) is 18.4 Å². The van der Waals surface area contributed by atoms with Gasteiger partial charge in [0.05, 0.1) is 18.0 Å². The van der Waals surface area contributed by atoms with Crippen LogP contribution in [0.15, 0.2) is 4.52 Å². The van der Waals surface area contributed by atoms with E-state index in [2.05, 4.69) is 10.5 Å². The Morgan fingerprint density at radius 1 is 1.42 bits per heavy atom. The molecule has 1 heterocycles. The lowest BCUT2D eigenvalue weighted by molar-refractivity contribution is -0.142. The Kier molecular flexibility index (Phi) is 3.87. The predicted molar refractivity (Wildman–Crippen MR) is 66.6 cm³/mol. The summed E-state index contributed by atoms with van der Waals surface area (Å²) in [5, 5.41) is 15.7. The Morgan fingerprint density at radius 3 is 2.74 bits per heavy atom. The van der Waals surface area contributed by atoms with Crippen LogP contribution < -0.4 is 5.32 Å². The van der Waals surface area contributed by atoms with Gasteiger partial charge < -0.3 is 14.9 Å². The molecule has 1 aliphatic carbocycles. The molecule has 6 heteroatoms. The van der Waals surface area contributed by atoms with E-state index in [4.69, 9.17) is 9.63 Å². The number of aryl methyl sites for hydroxylation is 2. The molecule has 2 rings (SSSR count). The molecule has 2 unspecified atom stereocenters. The SMILES string of the molecule is Cc1noc(C)c1CC(=O)NC1CCCC1C(=O)O. The quantitative estimate of drug-likeness (QED) is 0.854. The minimum atomic E-state index is -0.833. The number of hydrogen-bond donors (Lipinski definition) is 2. The number of carbonyl (C=O) groups excluding carboxylic acids is 1. The molecule has 1 amide bonds. The first-order chi connectivity index (χ1) is 8.99. The second kappa shape index (κ2) is 5.42. The zero-order valence-electron chi connectivity index (χ0n) is 11.1. The fraction of sp³-hybridized carbons (Fsp3) is 0.615. The Balaban J connectivity index is 1.96. The van der Waals surface area contributed by atoms with Gasteiger partial charge in [0.25, 0.3) is 0 Å². The normalized spacial score (nSPS) is 22.4. The number of carboxylic acid groups (broad SMARTS) is 1. The van der Waals surface area contributed by atoms with E-state index in [1.165, 1.54) is 0 Å². The van der Waals surface area contributed by atoms with Gasteiger partial charge in [-0.1, -0.05) is 11.6 Å². The molecule has 1 fully saturated rings. The molecule has 0 spiro atoms. The third kappa shape index (κ3) is 2.94. The van der Waals surface area contributed by atoms with Crippen molar-refractivity contribution in [3.8, 4) is 0 Å². The van der Waals surface area contributed by atoms with Gasteiger partial charge in [-0.15, -0.1) is 0 Å². The minimum absolute atomic E-state index is 0.174. The van der Waals surface area contributed by atoms with Crippen molar-refractivity contribution in [1.82, 2.24) is 10.5 Å². The van der Waals surface area contributed by atoms with E-state index in [9.17, 15) is 9.59 Å². The first-order valence-electron chi connectivity index (χ1n) is 6.43. The van der Waals surface area contributed by atoms with Crippen molar-refractivity contribution in [3.05, 3.63) is 17.0 Å². The van der Waals surface area contributed by atoms with E-state index in [1.54, 1.807) is 13.8 Å². The third-order valence-corrected chi connectivity index (χ3v) is 3.70. The van der Waals surface area contributed by atoms with Crippen LogP contribution in [0.3, 0.4) is 0 Å². The average molecular weight is 266 g/mol. The molecule has 19 heavy (non-hydrogen) atoms. The van der Waals surface area contributed by atoms with Crippen LogP contribution in [0, 0.1) is 19.8 Å². The molecule has 6 nitrogen and oxygen atoms in total. The summed E-state index contributed by atoms with van der Waals surface area (Å²) in [6.07, 6.45) is 2.38. The highest BCUT2D eigenvalue weighted by Crippen LogP contribution is 2.26. The molecule has 1 saturated carbocycles. The second-order valence-electron chi connectivity index (χ2n) is 5.03. The zero-order valence-corrected chi connectivity index (χ0v) is 11.1. The van der Waals surface area contributed by atoms with Crippen molar-refractivity contribution in [2.45, 2.75) is 45.6 Å². The number of rotatable bonds is 4. The van der Waals surface area contributed by atoms with Gasteiger partial charge in [0.2, 0.25) is 5.91 Å². The number of nitrogens with zero attached hydrogens (tertiary/aromatic N) is 1. The summed E-state index contributed by atoms with van der Waals surface area (Å²) in [5.74, 6) is -0.838. The van der Waals surface area contributed by atoms with Crippen molar-refractivity contribution in [2.24, 2.45) is 5.92 Å². The average Bonchev–Trinajstić information content (AvgIpc) is 2.91. The van der Waals surface area contributed by atoms with E-state index in [1.807, 2.05) is 0 Å². The van der Waals surface area contributed by atoms with E-state index in [-0.39, 0.29) is 18.4 Å². The van der Waals surface area contributed by atoms with Gasteiger partial charge in [0.1, 0.15) is 5.76 Å². The maximum Gasteiger partial charge on any atom is 0.308 e. The molecule has 0 aromatic carbocycles. The van der Waals surface area contributed by atoms with Crippen LogP contribution in [-0.2, 0) is 16.0 Å². The highest BCUT2D eigenvalue weighted by atomic mass is 16.5. The molecule has 0 aliphatic heterocycles. The molecule has 1 aromatic heterocycles. The van der Waals surface area contributed by atoms with Crippen LogP contribution in [-0.4, -0.2) is 28.2 Å². The molecule has 0 bridgehead atoms. The number of nitrogens with one attached hydrogen (secondary N) is 1. The Bertz CT molecular complexity index is 475. The van der Waals surface area contributed by atoms with Crippen molar-refractivity contribution in [2.75, 3.05) is 0 Å². The summed E-state index contributed by atoms with van der Waals surface area (Å²) in [5.41, 5.74) is 1.48. The van der Waals surface area contributed by atoms with Crippen molar-refractivity contribution >= 4 is 11.9 Å². The lowest BCUT2D eigenvalue weighted by Crippen LogP contribution is -2.40. The molecule has 0 saturated heterocycles. The number of aliphatic carboxylic acids is 1. The zero-order chi connectivity index (χ0) is 14.0. The van der Waals surface area contributed by atoms with Gasteiger partial charge in [-0.25, -0.2) is 0 Å². The largest absolute Gasteiger partial charge is 0.481 e. The maximum atomic E-state index is 12.0. The molecular formula is C13H18N2O4. The third-order valence-electron chi connectivity index (χ3n) is 3.70. The van der Waals surface area contributed by atoms with Gasteiger partial charge >= 0.3 is 5.97 Å². The summed E-state index contributed by atoms with van der Waals surface area (Å²) in [6.45, 7) is 3.55. The van der Waals surface area contributed by atoms with Crippen molar-refractivity contribution in [3.63, 3.8) is 0 Å². The van der Waals surface area contributed by atoms with Crippen molar-refractivity contribution < 1.29 is 19.2 Å². The molecular weight excluding hydrogens is 248 g/mol. The van der Waals surface area contributed by atoms with Crippen molar-refractivity contribution in [1.29, 1.82) is 0 Å². The number of hydrogen-bond acceptors (Lipinski definition) is 4. The van der Waals surface area contributed by atoms with Crippen LogP contribution in [0.5, 0.6) is 0 Å². The first kappa shape index (κ1) is 13.6. The molecule has 2 N–H and O–H groups in total. The van der Waals surface area contributed by atoms with Gasteiger partial charge in [-0.05, 0) is 26.7 Å². The summed E-state index contributed by atoms with van der Waals surface area (Å²) in [6, 6.07) is -0.259. The predicted octanol–water partition coefficient (Wildman–Crippen LogP) is 1.20. The second-order valence-corrected chi connectivity index (χ2v) is 5.03. The fourth-order valence-corrected chi connectivity index (χ4v) is 2.60. The Hall–Kier alpha value is -1.85. The summed E-state index contributed by atoms with van der Waals surface area (Å²) in [4.78, 5) is 23.0. The van der Waals surface area contributed by atoms with Gasteiger partial charge in [0.15, 0.2) is 0 Å². The minimum Gasteiger partial charge on any atom is -0.481 e. The first-order valence-corrected chi connectivity index (χ1v) is 6.43. The molecule has 2 atom stereocenters. The molecule has 1 aliphatic rings. The van der Waals surface area contributed by atoms with E-state index < -0.39 is 11.9 Å². The summed E-state index contributed by atoms with van der Waals surface area (Å²) >= 11 is 0. The highest BCUT2D eigenvalue weighted by Gasteiger charge is 2.33. The molecule has 104 valence electrons. The van der Waals surface area contributed by atoms with Crippen LogP contribution in [0.4, 0.5) is 0 Å². The Morgan fingerprint density at radius 2 is 2.16 bits per heavy atom. The fourth-order valence-electron chi connectivity index (χ4n) is 2.60. The topological polar surface area (TPSA) is 92.4 Å². The summed E-state index contributed by atoms with van der Waals surface area (Å²) in [7, 11) is 0. The van der Waals surface area contributed by atoms with Crippen LogP contribution in [0.1, 0.15) is 36.3 Å². The molecule has 0 radical (unpaired) electrons. The monoisotopic (exact) mass is 266 g/mol. The van der Waals surface area contributed by atoms with Crippen LogP contribution >= 0.6 is 0 Å². The van der Waals surface area contributed by atoms with Crippen LogP contribution in [0.25, 0.3) is 0 Å². The standard InChI is InChI=1S/C13H18N2O4/c1-7-10(8(2)19-15-7)6-12(16)14-11-5-3-4-9(11)13(17)18/h9,11H,3-6H2,1-2H3,(H,14,16)(H,17,18). The highest BCUT2D eigenvalue weighted by molar-refractivity contribution is 5.80. The van der Waals surface area contributed by atoms with E-state index >= 15 is 0 Å². The maximum absolute atomic E-state index is 12.0. The number of amides is 1. The lowest BCUT2D eigenvalue weighted by Gasteiger charge is -2.17. The molecule has 1 aromatic rings. The van der Waals surface area contributed by atoms with Gasteiger partial charge in [0, 0.05) is 11.6 Å². The Labute approximate surface area is 111 Å². The van der Waals surface area contributed by atoms with E-state index in [0.29, 0.717) is 17.9 Å². The van der Waals surface area contributed by atoms with Gasteiger partial charge in [-0.2, -0.15) is 0 Å².